The Bertz CT molecular complexity index is 505. The van der Waals surface area contributed by atoms with Crippen LogP contribution in [0.4, 0.5) is 0 Å². The number of hydrogen-bond donors (Lipinski definition) is 0. The van der Waals surface area contributed by atoms with E-state index in [1.54, 1.807) is 0 Å². The second-order valence-electron chi connectivity index (χ2n) is 7.51. The quantitative estimate of drug-likeness (QED) is 0.756. The van der Waals surface area contributed by atoms with Crippen LogP contribution in [0.1, 0.15) is 25.3 Å². The van der Waals surface area contributed by atoms with E-state index < -0.39 is 0 Å². The summed E-state index contributed by atoms with van der Waals surface area (Å²) in [6, 6.07) is 9.63. The Kier molecular flexibility index (Phi) is 6.62. The first-order valence-electron chi connectivity index (χ1n) is 9.44. The minimum Gasteiger partial charge on any atom is -0.304 e. The van der Waals surface area contributed by atoms with E-state index in [0.29, 0.717) is 0 Å². The van der Waals surface area contributed by atoms with Gasteiger partial charge in [-0.1, -0.05) is 18.2 Å². The molecule has 3 nitrogen and oxygen atoms in total. The summed E-state index contributed by atoms with van der Waals surface area (Å²) in [4.78, 5) is 9.27. The summed E-state index contributed by atoms with van der Waals surface area (Å²) < 4.78 is 0. The zero-order valence-corrected chi connectivity index (χ0v) is 16.4. The van der Waals surface area contributed by atoms with Gasteiger partial charge >= 0.3 is 0 Å². The number of rotatable bonds is 5. The molecule has 1 unspecified atom stereocenters. The molecule has 0 amide bonds. The molecule has 24 heavy (non-hydrogen) atoms. The van der Waals surface area contributed by atoms with E-state index >= 15 is 0 Å². The van der Waals surface area contributed by atoms with Crippen LogP contribution in [0.15, 0.2) is 29.2 Å². The molecular formula is C20H33N3S. The summed E-state index contributed by atoms with van der Waals surface area (Å²) in [5, 5.41) is 0. The van der Waals surface area contributed by atoms with Crippen LogP contribution in [0, 0.1) is 5.92 Å². The molecule has 1 aromatic rings. The highest BCUT2D eigenvalue weighted by molar-refractivity contribution is 7.98. The van der Waals surface area contributed by atoms with Gasteiger partial charge in [-0.15, -0.1) is 11.8 Å². The van der Waals surface area contributed by atoms with E-state index in [9.17, 15) is 0 Å². The van der Waals surface area contributed by atoms with E-state index in [1.165, 1.54) is 62.6 Å². The summed E-state index contributed by atoms with van der Waals surface area (Å²) in [7, 11) is 2.24. The van der Waals surface area contributed by atoms with Crippen LogP contribution in [0.3, 0.4) is 0 Å². The van der Waals surface area contributed by atoms with Gasteiger partial charge in [-0.25, -0.2) is 0 Å². The first-order valence-corrected chi connectivity index (χ1v) is 10.7. The largest absolute Gasteiger partial charge is 0.304 e. The van der Waals surface area contributed by atoms with Crippen molar-refractivity contribution in [2.45, 2.75) is 37.2 Å². The number of nitrogens with zero attached hydrogens (tertiary/aromatic N) is 3. The van der Waals surface area contributed by atoms with Crippen molar-refractivity contribution < 1.29 is 0 Å². The number of hydrogen-bond acceptors (Lipinski definition) is 4. The molecule has 0 aromatic heterocycles. The first kappa shape index (κ1) is 18.2. The maximum atomic E-state index is 2.73. The normalized spacial score (nSPS) is 23.5. The second kappa shape index (κ2) is 8.70. The second-order valence-corrected chi connectivity index (χ2v) is 8.35. The summed E-state index contributed by atoms with van der Waals surface area (Å²) in [6.07, 6.45) is 4.90. The van der Waals surface area contributed by atoms with Crippen LogP contribution < -0.4 is 0 Å². The first-order chi connectivity index (χ1) is 11.7. The summed E-state index contributed by atoms with van der Waals surface area (Å²) >= 11 is 1.87. The Morgan fingerprint density at radius 3 is 2.38 bits per heavy atom. The van der Waals surface area contributed by atoms with Gasteiger partial charge in [0.2, 0.25) is 0 Å². The van der Waals surface area contributed by atoms with Crippen molar-refractivity contribution in [1.82, 2.24) is 14.7 Å². The van der Waals surface area contributed by atoms with Crippen LogP contribution in [0.2, 0.25) is 0 Å². The Morgan fingerprint density at radius 2 is 1.71 bits per heavy atom. The topological polar surface area (TPSA) is 9.72 Å². The smallest absolute Gasteiger partial charge is 0.0244 e. The van der Waals surface area contributed by atoms with Crippen molar-refractivity contribution in [2.24, 2.45) is 5.92 Å². The third-order valence-corrected chi connectivity index (χ3v) is 6.85. The molecule has 4 heteroatoms. The molecule has 0 radical (unpaired) electrons. The maximum Gasteiger partial charge on any atom is 0.0244 e. The van der Waals surface area contributed by atoms with Gasteiger partial charge in [-0.2, -0.15) is 0 Å². The molecule has 2 aliphatic rings. The standard InChI is InChI=1S/C20H33N3S/c1-17(23-14-12-21(2)13-15-23)18-8-10-22(11-9-18)16-19-6-4-5-7-20(19)24-3/h4-7,17-18H,8-16H2,1-3H3. The fourth-order valence-electron chi connectivity index (χ4n) is 4.20. The van der Waals surface area contributed by atoms with Crippen molar-refractivity contribution in [3.63, 3.8) is 0 Å². The summed E-state index contributed by atoms with van der Waals surface area (Å²) in [5.41, 5.74) is 1.50. The van der Waals surface area contributed by atoms with Crippen LogP contribution >= 0.6 is 11.8 Å². The van der Waals surface area contributed by atoms with E-state index in [0.717, 1.165) is 18.5 Å². The Morgan fingerprint density at radius 1 is 1.04 bits per heavy atom. The zero-order chi connectivity index (χ0) is 16.9. The van der Waals surface area contributed by atoms with Gasteiger partial charge in [0.1, 0.15) is 0 Å². The lowest BCUT2D eigenvalue weighted by molar-refractivity contribution is 0.0597. The number of piperidine rings is 1. The molecule has 2 saturated heterocycles. The summed E-state index contributed by atoms with van der Waals surface area (Å²) in [6.45, 7) is 11.1. The van der Waals surface area contributed by atoms with Crippen LogP contribution in [-0.4, -0.2) is 73.3 Å². The molecule has 2 aliphatic heterocycles. The number of likely N-dealkylation sites (tertiary alicyclic amines) is 1. The fourth-order valence-corrected chi connectivity index (χ4v) is 4.80. The molecule has 1 aromatic carbocycles. The molecule has 3 rings (SSSR count). The van der Waals surface area contributed by atoms with Gasteiger partial charge in [0.25, 0.3) is 0 Å². The minimum atomic E-state index is 0.749. The Hall–Kier alpha value is -0.550. The van der Waals surface area contributed by atoms with Gasteiger partial charge in [0.15, 0.2) is 0 Å². The maximum absolute atomic E-state index is 2.73. The molecule has 0 bridgehead atoms. The van der Waals surface area contributed by atoms with Crippen molar-refractivity contribution in [3.8, 4) is 0 Å². The molecule has 2 fully saturated rings. The lowest BCUT2D eigenvalue weighted by Crippen LogP contribution is -2.51. The molecule has 1 atom stereocenters. The van der Waals surface area contributed by atoms with Crippen LogP contribution in [0.25, 0.3) is 0 Å². The van der Waals surface area contributed by atoms with Gasteiger partial charge in [-0.05, 0) is 63.7 Å². The van der Waals surface area contributed by atoms with E-state index in [-0.39, 0.29) is 0 Å². The third kappa shape index (κ3) is 4.54. The average molecular weight is 348 g/mol. The van der Waals surface area contributed by atoms with Crippen molar-refractivity contribution in [2.75, 3.05) is 52.6 Å². The number of thioether (sulfide) groups is 1. The molecule has 0 aliphatic carbocycles. The van der Waals surface area contributed by atoms with Gasteiger partial charge < -0.3 is 4.90 Å². The van der Waals surface area contributed by atoms with Gasteiger partial charge in [-0.3, -0.25) is 9.80 Å². The van der Waals surface area contributed by atoms with E-state index in [2.05, 4.69) is 59.2 Å². The highest BCUT2D eigenvalue weighted by Gasteiger charge is 2.29. The average Bonchev–Trinajstić information content (AvgIpc) is 2.63. The number of likely N-dealkylation sites (N-methyl/N-ethyl adjacent to an activating group) is 1. The Labute approximate surface area is 152 Å². The molecule has 2 heterocycles. The van der Waals surface area contributed by atoms with Gasteiger partial charge in [0.05, 0.1) is 0 Å². The number of piperazine rings is 1. The molecule has 0 N–H and O–H groups in total. The lowest BCUT2D eigenvalue weighted by Gasteiger charge is -2.42. The monoisotopic (exact) mass is 347 g/mol. The molecule has 134 valence electrons. The molecular weight excluding hydrogens is 314 g/mol. The van der Waals surface area contributed by atoms with E-state index in [1.807, 2.05) is 11.8 Å². The molecule has 0 saturated carbocycles. The highest BCUT2D eigenvalue weighted by Crippen LogP contribution is 2.27. The van der Waals surface area contributed by atoms with E-state index in [4.69, 9.17) is 0 Å². The predicted molar refractivity (Wildman–Crippen MR) is 105 cm³/mol. The van der Waals surface area contributed by atoms with Crippen LogP contribution in [-0.2, 0) is 6.54 Å². The third-order valence-electron chi connectivity index (χ3n) is 6.01. The van der Waals surface area contributed by atoms with Crippen molar-refractivity contribution >= 4 is 11.8 Å². The van der Waals surface area contributed by atoms with Crippen LogP contribution in [0.5, 0.6) is 0 Å². The van der Waals surface area contributed by atoms with Crippen molar-refractivity contribution in [3.05, 3.63) is 29.8 Å². The number of benzene rings is 1. The van der Waals surface area contributed by atoms with Crippen molar-refractivity contribution in [1.29, 1.82) is 0 Å². The van der Waals surface area contributed by atoms with Gasteiger partial charge in [0, 0.05) is 43.7 Å². The fraction of sp³-hybridized carbons (Fsp3) is 0.700. The minimum absolute atomic E-state index is 0.749. The lowest BCUT2D eigenvalue weighted by atomic mass is 9.89. The predicted octanol–water partition coefficient (Wildman–Crippen LogP) is 3.26. The SMILES string of the molecule is CSc1ccccc1CN1CCC(C(C)N2CCN(C)CC2)CC1. The highest BCUT2D eigenvalue weighted by atomic mass is 32.2. The molecule has 0 spiro atoms. The zero-order valence-electron chi connectivity index (χ0n) is 15.6. The summed E-state index contributed by atoms with van der Waals surface area (Å²) in [5.74, 6) is 0.875. The Balaban J connectivity index is 1.48.